The van der Waals surface area contributed by atoms with E-state index in [1.165, 1.54) is 18.2 Å². The molecular formula is C19H14ClNO5. The van der Waals surface area contributed by atoms with Crippen LogP contribution in [0.25, 0.3) is 11.3 Å². The molecule has 7 heteroatoms. The van der Waals surface area contributed by atoms with Gasteiger partial charge in [-0.3, -0.25) is 0 Å². The van der Waals surface area contributed by atoms with Crippen molar-refractivity contribution in [3.63, 3.8) is 0 Å². The molecular weight excluding hydrogens is 358 g/mol. The fourth-order valence-corrected chi connectivity index (χ4v) is 2.65. The predicted octanol–water partition coefficient (Wildman–Crippen LogP) is 4.61. The number of carboxylic acids is 2. The lowest BCUT2D eigenvalue weighted by atomic mass is 10.1. The Morgan fingerprint density at radius 3 is 2.31 bits per heavy atom. The van der Waals surface area contributed by atoms with Gasteiger partial charge in [-0.1, -0.05) is 23.7 Å². The van der Waals surface area contributed by atoms with Crippen LogP contribution < -0.4 is 5.32 Å². The number of anilines is 1. The van der Waals surface area contributed by atoms with E-state index in [-0.39, 0.29) is 16.1 Å². The van der Waals surface area contributed by atoms with E-state index in [9.17, 15) is 9.59 Å². The monoisotopic (exact) mass is 371 g/mol. The number of nitrogens with one attached hydrogen (secondary N) is 1. The fraction of sp³-hybridized carbons (Fsp3) is 0.0526. The van der Waals surface area contributed by atoms with Crippen molar-refractivity contribution in [2.45, 2.75) is 6.54 Å². The predicted molar refractivity (Wildman–Crippen MR) is 96.8 cm³/mol. The van der Waals surface area contributed by atoms with Crippen LogP contribution in [0.2, 0.25) is 5.02 Å². The van der Waals surface area contributed by atoms with E-state index in [1.807, 2.05) is 0 Å². The number of halogens is 1. The van der Waals surface area contributed by atoms with Gasteiger partial charge in [0.25, 0.3) is 0 Å². The minimum Gasteiger partial charge on any atom is -0.478 e. The van der Waals surface area contributed by atoms with E-state index in [1.54, 1.807) is 36.4 Å². The van der Waals surface area contributed by atoms with Crippen LogP contribution in [0.5, 0.6) is 0 Å². The molecule has 0 amide bonds. The summed E-state index contributed by atoms with van der Waals surface area (Å²) in [4.78, 5) is 21.8. The maximum absolute atomic E-state index is 11.0. The van der Waals surface area contributed by atoms with E-state index in [4.69, 9.17) is 26.2 Å². The van der Waals surface area contributed by atoms with Gasteiger partial charge in [-0.05, 0) is 42.5 Å². The highest BCUT2D eigenvalue weighted by molar-refractivity contribution is 6.33. The normalized spacial score (nSPS) is 10.5. The Hall–Kier alpha value is -3.25. The summed E-state index contributed by atoms with van der Waals surface area (Å²) < 4.78 is 5.75. The van der Waals surface area contributed by atoms with E-state index < -0.39 is 11.9 Å². The summed E-state index contributed by atoms with van der Waals surface area (Å²) in [5.41, 5.74) is 1.70. The third kappa shape index (κ3) is 3.87. The van der Waals surface area contributed by atoms with E-state index in [0.717, 1.165) is 5.56 Å². The first kappa shape index (κ1) is 17.6. The molecule has 1 heterocycles. The average molecular weight is 372 g/mol. The van der Waals surface area contributed by atoms with E-state index >= 15 is 0 Å². The molecule has 0 bridgehead atoms. The number of carboxylic acid groups (broad SMARTS) is 2. The van der Waals surface area contributed by atoms with Crippen LogP contribution in [0, 0.1) is 0 Å². The molecule has 0 aliphatic rings. The number of benzene rings is 2. The number of hydrogen-bond donors (Lipinski definition) is 3. The van der Waals surface area contributed by atoms with Gasteiger partial charge in [-0.15, -0.1) is 0 Å². The molecule has 0 unspecified atom stereocenters. The van der Waals surface area contributed by atoms with Crippen molar-refractivity contribution in [2.75, 3.05) is 5.32 Å². The molecule has 3 N–H and O–H groups in total. The van der Waals surface area contributed by atoms with Gasteiger partial charge in [-0.25, -0.2) is 9.59 Å². The van der Waals surface area contributed by atoms with Crippen molar-refractivity contribution >= 4 is 29.2 Å². The van der Waals surface area contributed by atoms with E-state index in [2.05, 4.69) is 5.32 Å². The van der Waals surface area contributed by atoms with Crippen molar-refractivity contribution in [1.82, 2.24) is 0 Å². The third-order valence-electron chi connectivity index (χ3n) is 3.74. The van der Waals surface area contributed by atoms with Crippen molar-refractivity contribution < 1.29 is 24.2 Å². The number of carbonyl (C=O) groups is 2. The second kappa shape index (κ2) is 7.33. The Morgan fingerprint density at radius 1 is 0.962 bits per heavy atom. The zero-order chi connectivity index (χ0) is 18.7. The molecule has 2 aromatic carbocycles. The highest BCUT2D eigenvalue weighted by Crippen LogP contribution is 2.24. The van der Waals surface area contributed by atoms with E-state index in [0.29, 0.717) is 23.8 Å². The SMILES string of the molecule is O=C(O)c1ccc(-c2ccc(CNc3ccc(C(=O)O)c(Cl)c3)o2)cc1. The minimum absolute atomic E-state index is 0.0438. The highest BCUT2D eigenvalue weighted by atomic mass is 35.5. The largest absolute Gasteiger partial charge is 0.478 e. The Morgan fingerprint density at radius 2 is 1.69 bits per heavy atom. The zero-order valence-electron chi connectivity index (χ0n) is 13.4. The molecule has 3 rings (SSSR count). The maximum Gasteiger partial charge on any atom is 0.337 e. The lowest BCUT2D eigenvalue weighted by molar-refractivity contribution is 0.0686. The van der Waals surface area contributed by atoms with Gasteiger partial charge in [0.15, 0.2) is 0 Å². The molecule has 0 atom stereocenters. The Labute approximate surface area is 153 Å². The molecule has 1 aromatic heterocycles. The summed E-state index contributed by atoms with van der Waals surface area (Å²) in [6.45, 7) is 0.385. The van der Waals surface area contributed by atoms with Crippen LogP contribution in [0.1, 0.15) is 26.5 Å². The third-order valence-corrected chi connectivity index (χ3v) is 4.06. The van der Waals surface area contributed by atoms with Crippen molar-refractivity contribution in [3.8, 4) is 11.3 Å². The average Bonchev–Trinajstić information content (AvgIpc) is 3.09. The first-order valence-electron chi connectivity index (χ1n) is 7.63. The van der Waals surface area contributed by atoms with Gasteiger partial charge in [0.05, 0.1) is 22.7 Å². The summed E-state index contributed by atoms with van der Waals surface area (Å²) in [5.74, 6) is -0.765. The second-order valence-electron chi connectivity index (χ2n) is 5.50. The Bertz CT molecular complexity index is 962. The number of furan rings is 1. The molecule has 0 aliphatic carbocycles. The molecule has 0 fully saturated rings. The Balaban J connectivity index is 1.68. The van der Waals surface area contributed by atoms with Crippen LogP contribution in [-0.4, -0.2) is 22.2 Å². The second-order valence-corrected chi connectivity index (χ2v) is 5.91. The van der Waals surface area contributed by atoms with Gasteiger partial charge >= 0.3 is 11.9 Å². The van der Waals surface area contributed by atoms with Gasteiger partial charge in [0.2, 0.25) is 0 Å². The van der Waals surface area contributed by atoms with Crippen LogP contribution in [-0.2, 0) is 6.54 Å². The summed E-state index contributed by atoms with van der Waals surface area (Å²) in [5, 5.41) is 21.2. The maximum atomic E-state index is 11.0. The zero-order valence-corrected chi connectivity index (χ0v) is 14.2. The van der Waals surface area contributed by atoms with Crippen molar-refractivity contribution in [2.24, 2.45) is 0 Å². The van der Waals surface area contributed by atoms with Gasteiger partial charge in [0, 0.05) is 11.3 Å². The van der Waals surface area contributed by atoms with Crippen molar-refractivity contribution in [3.05, 3.63) is 76.5 Å². The molecule has 3 aromatic rings. The molecule has 0 saturated heterocycles. The molecule has 0 aliphatic heterocycles. The standard InChI is InChI=1S/C19H14ClNO5/c20-16-9-13(5-7-15(16)19(24)25)21-10-14-6-8-17(26-14)11-1-3-12(4-2-11)18(22)23/h1-9,21H,10H2,(H,22,23)(H,24,25). The lowest BCUT2D eigenvalue weighted by Crippen LogP contribution is -2.01. The summed E-state index contributed by atoms with van der Waals surface area (Å²) in [7, 11) is 0. The van der Waals surface area contributed by atoms with Gasteiger partial charge < -0.3 is 19.9 Å². The summed E-state index contributed by atoms with van der Waals surface area (Å²) in [6.07, 6.45) is 0. The quantitative estimate of drug-likeness (QED) is 0.585. The van der Waals surface area contributed by atoms with Crippen molar-refractivity contribution in [1.29, 1.82) is 0 Å². The first-order valence-corrected chi connectivity index (χ1v) is 8.01. The number of aromatic carboxylic acids is 2. The number of rotatable bonds is 6. The molecule has 26 heavy (non-hydrogen) atoms. The van der Waals surface area contributed by atoms with Crippen LogP contribution in [0.4, 0.5) is 5.69 Å². The van der Waals surface area contributed by atoms with Crippen LogP contribution in [0.15, 0.2) is 59.0 Å². The first-order chi connectivity index (χ1) is 12.4. The topological polar surface area (TPSA) is 99.8 Å². The minimum atomic E-state index is -1.08. The van der Waals surface area contributed by atoms with Gasteiger partial charge in [0.1, 0.15) is 11.5 Å². The van der Waals surface area contributed by atoms with Gasteiger partial charge in [-0.2, -0.15) is 0 Å². The highest BCUT2D eigenvalue weighted by Gasteiger charge is 2.10. The smallest absolute Gasteiger partial charge is 0.337 e. The molecule has 132 valence electrons. The van der Waals surface area contributed by atoms with Crippen LogP contribution >= 0.6 is 11.6 Å². The van der Waals surface area contributed by atoms with Crippen LogP contribution in [0.3, 0.4) is 0 Å². The fourth-order valence-electron chi connectivity index (χ4n) is 2.39. The molecule has 0 saturated carbocycles. The molecule has 6 nitrogen and oxygen atoms in total. The summed E-state index contributed by atoms with van der Waals surface area (Å²) in [6, 6.07) is 14.6. The summed E-state index contributed by atoms with van der Waals surface area (Å²) >= 11 is 5.94. The lowest BCUT2D eigenvalue weighted by Gasteiger charge is -2.06. The Kier molecular flexibility index (Phi) is 4.95. The number of hydrogen-bond acceptors (Lipinski definition) is 4. The molecule has 0 radical (unpaired) electrons. The molecule has 0 spiro atoms.